The fourth-order valence-electron chi connectivity index (χ4n) is 3.29. The molecule has 1 aromatic rings. The first-order valence-corrected chi connectivity index (χ1v) is 10.8. The van der Waals surface area contributed by atoms with Crippen LogP contribution in [-0.2, 0) is 6.54 Å². The monoisotopic (exact) mass is 527 g/mol. The Bertz CT molecular complexity index is 703. The Morgan fingerprint density at radius 2 is 1.97 bits per heavy atom. The van der Waals surface area contributed by atoms with E-state index in [2.05, 4.69) is 33.9 Å². The van der Waals surface area contributed by atoms with Crippen molar-refractivity contribution < 1.29 is 4.79 Å². The van der Waals surface area contributed by atoms with Gasteiger partial charge in [0.25, 0.3) is 5.91 Å². The van der Waals surface area contributed by atoms with Gasteiger partial charge in [0.15, 0.2) is 5.96 Å². The van der Waals surface area contributed by atoms with Crippen molar-refractivity contribution in [3.05, 3.63) is 47.0 Å². The third kappa shape index (κ3) is 10.4. The molecule has 30 heavy (non-hydrogen) atoms. The third-order valence-corrected chi connectivity index (χ3v) is 4.92. The van der Waals surface area contributed by atoms with Crippen LogP contribution in [0.1, 0.15) is 54.9 Å². The van der Waals surface area contributed by atoms with E-state index in [1.165, 1.54) is 25.7 Å². The second-order valence-electron chi connectivity index (χ2n) is 7.74. The van der Waals surface area contributed by atoms with E-state index in [1.54, 1.807) is 5.57 Å². The molecule has 6 nitrogen and oxygen atoms in total. The lowest BCUT2D eigenvalue weighted by molar-refractivity contribution is 0.0951. The molecule has 0 spiro atoms. The van der Waals surface area contributed by atoms with Crippen LogP contribution in [0.15, 0.2) is 40.9 Å². The molecule has 1 amide bonds. The zero-order valence-electron chi connectivity index (χ0n) is 18.7. The van der Waals surface area contributed by atoms with E-state index >= 15 is 0 Å². The molecular weight excluding hydrogens is 489 g/mol. The van der Waals surface area contributed by atoms with Crippen molar-refractivity contribution in [3.8, 4) is 0 Å². The number of hydrogen-bond acceptors (Lipinski definition) is 3. The van der Waals surface area contributed by atoms with E-state index < -0.39 is 0 Å². The summed E-state index contributed by atoms with van der Waals surface area (Å²) in [5, 5.41) is 9.69. The Morgan fingerprint density at radius 1 is 1.13 bits per heavy atom. The lowest BCUT2D eigenvalue weighted by Crippen LogP contribution is -2.37. The van der Waals surface area contributed by atoms with Gasteiger partial charge in [0.2, 0.25) is 0 Å². The van der Waals surface area contributed by atoms with Gasteiger partial charge in [-0.3, -0.25) is 4.79 Å². The van der Waals surface area contributed by atoms with Gasteiger partial charge in [-0.1, -0.05) is 23.8 Å². The summed E-state index contributed by atoms with van der Waals surface area (Å²) in [6, 6.07) is 7.70. The molecule has 0 aliphatic heterocycles. The average Bonchev–Trinajstić information content (AvgIpc) is 2.72. The van der Waals surface area contributed by atoms with Crippen LogP contribution in [0.25, 0.3) is 0 Å². The van der Waals surface area contributed by atoms with E-state index in [0.717, 1.165) is 37.6 Å². The number of guanidine groups is 1. The van der Waals surface area contributed by atoms with Gasteiger partial charge in [0, 0.05) is 31.7 Å². The van der Waals surface area contributed by atoms with Gasteiger partial charge in [0.1, 0.15) is 0 Å². The first-order chi connectivity index (χ1) is 14.1. The van der Waals surface area contributed by atoms with Gasteiger partial charge >= 0.3 is 0 Å². The number of rotatable bonds is 10. The number of hydrogen-bond donors (Lipinski definition) is 3. The summed E-state index contributed by atoms with van der Waals surface area (Å²) >= 11 is 0. The molecule has 0 heterocycles. The summed E-state index contributed by atoms with van der Waals surface area (Å²) in [6.45, 7) is 5.79. The van der Waals surface area contributed by atoms with Crippen LogP contribution in [-0.4, -0.2) is 57.0 Å². The Hall–Kier alpha value is -1.61. The Balaban J connectivity index is 0.00000450. The highest BCUT2D eigenvalue weighted by atomic mass is 127. The molecule has 0 saturated carbocycles. The highest BCUT2D eigenvalue weighted by Crippen LogP contribution is 2.19. The number of halogens is 1. The van der Waals surface area contributed by atoms with Crippen molar-refractivity contribution in [2.24, 2.45) is 4.99 Å². The molecule has 1 aromatic carbocycles. The van der Waals surface area contributed by atoms with Crippen LogP contribution in [0, 0.1) is 0 Å². The van der Waals surface area contributed by atoms with Gasteiger partial charge in [-0.05, 0) is 70.8 Å². The zero-order valence-corrected chi connectivity index (χ0v) is 21.0. The third-order valence-electron chi connectivity index (χ3n) is 4.92. The largest absolute Gasteiger partial charge is 0.357 e. The summed E-state index contributed by atoms with van der Waals surface area (Å²) in [5.41, 5.74) is 3.27. The number of carbonyl (C=O) groups is 1. The molecule has 168 valence electrons. The second-order valence-corrected chi connectivity index (χ2v) is 7.74. The molecular formula is C23H38IN5O. The molecule has 0 bridgehead atoms. The lowest BCUT2D eigenvalue weighted by Gasteiger charge is -2.15. The minimum absolute atomic E-state index is 0. The number of amides is 1. The highest BCUT2D eigenvalue weighted by molar-refractivity contribution is 14.0. The van der Waals surface area contributed by atoms with Crippen LogP contribution in [0.3, 0.4) is 0 Å². The molecule has 0 unspecified atom stereocenters. The minimum atomic E-state index is -0.0385. The van der Waals surface area contributed by atoms with Crippen molar-refractivity contribution in [2.45, 2.75) is 45.6 Å². The number of allylic oxidation sites excluding steroid dienone is 1. The highest BCUT2D eigenvalue weighted by Gasteiger charge is 2.07. The number of nitrogens with one attached hydrogen (secondary N) is 3. The van der Waals surface area contributed by atoms with Crippen molar-refractivity contribution in [1.29, 1.82) is 0 Å². The Labute approximate surface area is 199 Å². The van der Waals surface area contributed by atoms with Crippen molar-refractivity contribution in [2.75, 3.05) is 40.3 Å². The number of benzene rings is 1. The van der Waals surface area contributed by atoms with Crippen LogP contribution in [0.2, 0.25) is 0 Å². The molecule has 7 heteroatoms. The van der Waals surface area contributed by atoms with E-state index in [-0.39, 0.29) is 29.9 Å². The minimum Gasteiger partial charge on any atom is -0.357 e. The van der Waals surface area contributed by atoms with E-state index in [4.69, 9.17) is 0 Å². The van der Waals surface area contributed by atoms with E-state index in [0.29, 0.717) is 18.7 Å². The Morgan fingerprint density at radius 3 is 2.67 bits per heavy atom. The lowest BCUT2D eigenvalue weighted by atomic mass is 9.97. The van der Waals surface area contributed by atoms with Crippen molar-refractivity contribution >= 4 is 35.8 Å². The Kier molecular flexibility index (Phi) is 13.4. The molecule has 0 radical (unpaired) electrons. The van der Waals surface area contributed by atoms with Gasteiger partial charge in [-0.25, -0.2) is 4.99 Å². The van der Waals surface area contributed by atoms with Gasteiger partial charge in [-0.2, -0.15) is 0 Å². The maximum absolute atomic E-state index is 12.3. The summed E-state index contributed by atoms with van der Waals surface area (Å²) < 4.78 is 0. The zero-order chi connectivity index (χ0) is 20.9. The molecule has 0 atom stereocenters. The number of likely N-dealkylation sites (N-methyl/N-ethyl adjacent to an activating group) is 1. The number of aliphatic imine (C=N–C) groups is 1. The van der Waals surface area contributed by atoms with Crippen molar-refractivity contribution in [3.63, 3.8) is 0 Å². The van der Waals surface area contributed by atoms with Gasteiger partial charge < -0.3 is 20.9 Å². The SMILES string of the molecule is CCNC(=NCc1cccc(C(=O)NCCN(C)C)c1)NCCC1=CCCCC1.I. The quantitative estimate of drug-likeness (QED) is 0.189. The molecule has 3 N–H and O–H groups in total. The molecule has 1 aliphatic rings. The van der Waals surface area contributed by atoms with Crippen LogP contribution in [0.4, 0.5) is 0 Å². The van der Waals surface area contributed by atoms with Gasteiger partial charge in [-0.15, -0.1) is 24.0 Å². The van der Waals surface area contributed by atoms with Gasteiger partial charge in [0.05, 0.1) is 6.54 Å². The summed E-state index contributed by atoms with van der Waals surface area (Å²) in [4.78, 5) is 19.1. The molecule has 0 fully saturated rings. The second kappa shape index (κ2) is 15.2. The predicted octanol–water partition coefficient (Wildman–Crippen LogP) is 3.54. The standard InChI is InChI=1S/C23H37N5O.HI/c1-4-24-23(26-14-13-19-9-6-5-7-10-19)27-18-20-11-8-12-21(17-20)22(29)25-15-16-28(2)3;/h8-9,11-12,17H,4-7,10,13-16,18H2,1-3H3,(H,25,29)(H2,24,26,27);1H. The molecule has 0 saturated heterocycles. The van der Waals surface area contributed by atoms with Crippen molar-refractivity contribution in [1.82, 2.24) is 20.9 Å². The fraction of sp³-hybridized carbons (Fsp3) is 0.565. The molecule has 1 aliphatic carbocycles. The molecule has 2 rings (SSSR count). The normalized spacial score (nSPS) is 14.0. The predicted molar refractivity (Wildman–Crippen MR) is 137 cm³/mol. The van der Waals surface area contributed by atoms with Crippen LogP contribution >= 0.6 is 24.0 Å². The maximum Gasteiger partial charge on any atom is 0.251 e. The fourth-order valence-corrected chi connectivity index (χ4v) is 3.29. The van der Waals surface area contributed by atoms with Crippen LogP contribution < -0.4 is 16.0 Å². The smallest absolute Gasteiger partial charge is 0.251 e. The summed E-state index contributed by atoms with van der Waals surface area (Å²) in [5.74, 6) is 0.785. The summed E-state index contributed by atoms with van der Waals surface area (Å²) in [7, 11) is 3.99. The summed E-state index contributed by atoms with van der Waals surface area (Å²) in [6.07, 6.45) is 8.57. The van der Waals surface area contributed by atoms with Crippen LogP contribution in [0.5, 0.6) is 0 Å². The first kappa shape index (κ1) is 26.4. The topological polar surface area (TPSA) is 68.8 Å². The van der Waals surface area contributed by atoms with E-state index in [1.807, 2.05) is 43.3 Å². The number of carbonyl (C=O) groups excluding carboxylic acids is 1. The molecule has 0 aromatic heterocycles. The van der Waals surface area contributed by atoms with E-state index in [9.17, 15) is 4.79 Å². The number of nitrogens with zero attached hydrogens (tertiary/aromatic N) is 2. The maximum atomic E-state index is 12.3. The average molecular weight is 527 g/mol. The first-order valence-electron chi connectivity index (χ1n) is 10.8.